The summed E-state index contributed by atoms with van der Waals surface area (Å²) in [6.07, 6.45) is 0. The molecule has 3 aromatic rings. The molecule has 0 aliphatic rings. The SMILES string of the molecule is Clc1cccc(OCc2nnc(-c3cccc(Cl)c3)o2)c1. The molecule has 0 N–H and O–H groups in total. The number of hydrogen-bond donors (Lipinski definition) is 0. The van der Waals surface area contributed by atoms with Crippen LogP contribution in [0.5, 0.6) is 5.75 Å². The molecule has 0 aliphatic carbocycles. The molecule has 1 heterocycles. The van der Waals surface area contributed by atoms with Gasteiger partial charge in [0.25, 0.3) is 5.89 Å². The second-order valence-corrected chi connectivity index (χ2v) is 5.13. The Morgan fingerprint density at radius 3 is 2.48 bits per heavy atom. The lowest BCUT2D eigenvalue weighted by Crippen LogP contribution is -1.95. The fourth-order valence-corrected chi connectivity index (χ4v) is 2.12. The zero-order chi connectivity index (χ0) is 14.7. The van der Waals surface area contributed by atoms with E-state index in [1.165, 1.54) is 0 Å². The van der Waals surface area contributed by atoms with E-state index >= 15 is 0 Å². The van der Waals surface area contributed by atoms with Gasteiger partial charge in [0.05, 0.1) is 0 Å². The molecule has 0 atom stereocenters. The molecule has 2 aromatic carbocycles. The zero-order valence-electron chi connectivity index (χ0n) is 10.8. The van der Waals surface area contributed by atoms with Gasteiger partial charge in [0.2, 0.25) is 5.89 Å². The van der Waals surface area contributed by atoms with Gasteiger partial charge in [-0.05, 0) is 36.4 Å². The number of aromatic nitrogens is 2. The molecule has 0 radical (unpaired) electrons. The van der Waals surface area contributed by atoms with Gasteiger partial charge in [-0.1, -0.05) is 35.3 Å². The third-order valence-electron chi connectivity index (χ3n) is 2.70. The Kier molecular flexibility index (Phi) is 4.08. The molecule has 3 rings (SSSR count). The van der Waals surface area contributed by atoms with E-state index in [4.69, 9.17) is 32.4 Å². The summed E-state index contributed by atoms with van der Waals surface area (Å²) in [6, 6.07) is 14.3. The standard InChI is InChI=1S/C15H10Cl2N2O2/c16-11-4-1-3-10(7-11)15-19-18-14(21-15)9-20-13-6-2-5-12(17)8-13/h1-8H,9H2. The number of ether oxygens (including phenoxy) is 1. The minimum atomic E-state index is 0.175. The van der Waals surface area contributed by atoms with Crippen LogP contribution in [-0.2, 0) is 6.61 Å². The Bertz CT molecular complexity index is 759. The van der Waals surface area contributed by atoms with Crippen LogP contribution in [0.2, 0.25) is 10.0 Å². The summed E-state index contributed by atoms with van der Waals surface area (Å²) in [4.78, 5) is 0. The fraction of sp³-hybridized carbons (Fsp3) is 0.0667. The first kappa shape index (κ1) is 13.9. The largest absolute Gasteiger partial charge is 0.484 e. The summed E-state index contributed by atoms with van der Waals surface area (Å²) in [5.74, 6) is 1.43. The highest BCUT2D eigenvalue weighted by Gasteiger charge is 2.09. The quantitative estimate of drug-likeness (QED) is 0.703. The third kappa shape index (κ3) is 3.54. The van der Waals surface area contributed by atoms with Crippen LogP contribution in [0.15, 0.2) is 52.9 Å². The minimum absolute atomic E-state index is 0.175. The van der Waals surface area contributed by atoms with Crippen molar-refractivity contribution in [2.75, 3.05) is 0 Å². The van der Waals surface area contributed by atoms with Crippen molar-refractivity contribution in [2.45, 2.75) is 6.61 Å². The van der Waals surface area contributed by atoms with Gasteiger partial charge in [0.1, 0.15) is 5.75 Å². The summed E-state index contributed by atoms with van der Waals surface area (Å²) in [5.41, 5.74) is 0.768. The summed E-state index contributed by atoms with van der Waals surface area (Å²) in [5, 5.41) is 9.14. The first-order chi connectivity index (χ1) is 10.2. The number of nitrogens with zero attached hydrogens (tertiary/aromatic N) is 2. The average Bonchev–Trinajstić information content (AvgIpc) is 2.94. The molecule has 0 unspecified atom stereocenters. The van der Waals surface area contributed by atoms with Crippen LogP contribution in [0.1, 0.15) is 5.89 Å². The maximum absolute atomic E-state index is 5.93. The van der Waals surface area contributed by atoms with E-state index in [1.54, 1.807) is 30.3 Å². The first-order valence-electron chi connectivity index (χ1n) is 6.17. The number of halogens is 2. The molecule has 0 amide bonds. The molecule has 6 heteroatoms. The van der Waals surface area contributed by atoms with Gasteiger partial charge < -0.3 is 9.15 Å². The lowest BCUT2D eigenvalue weighted by molar-refractivity contribution is 0.264. The van der Waals surface area contributed by atoms with E-state index in [2.05, 4.69) is 10.2 Å². The molecular weight excluding hydrogens is 311 g/mol. The molecule has 106 valence electrons. The summed E-state index contributed by atoms with van der Waals surface area (Å²) < 4.78 is 11.1. The molecule has 0 spiro atoms. The summed E-state index contributed by atoms with van der Waals surface area (Å²) in [6.45, 7) is 0.175. The second-order valence-electron chi connectivity index (χ2n) is 4.26. The van der Waals surface area contributed by atoms with Gasteiger partial charge in [0.15, 0.2) is 6.61 Å². The van der Waals surface area contributed by atoms with Crippen molar-refractivity contribution in [1.29, 1.82) is 0 Å². The Morgan fingerprint density at radius 2 is 1.71 bits per heavy atom. The van der Waals surface area contributed by atoms with Crippen molar-refractivity contribution in [3.8, 4) is 17.2 Å². The molecule has 0 aliphatic heterocycles. The normalized spacial score (nSPS) is 10.6. The van der Waals surface area contributed by atoms with Crippen LogP contribution in [0.3, 0.4) is 0 Å². The van der Waals surface area contributed by atoms with Crippen molar-refractivity contribution < 1.29 is 9.15 Å². The predicted molar refractivity (Wildman–Crippen MR) is 80.5 cm³/mol. The van der Waals surface area contributed by atoms with Gasteiger partial charge >= 0.3 is 0 Å². The zero-order valence-corrected chi connectivity index (χ0v) is 12.3. The summed E-state index contributed by atoms with van der Waals surface area (Å²) in [7, 11) is 0. The van der Waals surface area contributed by atoms with Gasteiger partial charge in [-0.2, -0.15) is 0 Å². The molecule has 4 nitrogen and oxygen atoms in total. The lowest BCUT2D eigenvalue weighted by atomic mass is 10.2. The smallest absolute Gasteiger partial charge is 0.254 e. The van der Waals surface area contributed by atoms with Crippen molar-refractivity contribution in [1.82, 2.24) is 10.2 Å². The van der Waals surface area contributed by atoms with E-state index < -0.39 is 0 Å². The van der Waals surface area contributed by atoms with Gasteiger partial charge in [-0.25, -0.2) is 0 Å². The number of rotatable bonds is 4. The van der Waals surface area contributed by atoms with Gasteiger partial charge in [0, 0.05) is 15.6 Å². The van der Waals surface area contributed by atoms with Crippen LogP contribution in [0.4, 0.5) is 0 Å². The molecule has 1 aromatic heterocycles. The molecule has 0 saturated heterocycles. The van der Waals surface area contributed by atoms with Crippen molar-refractivity contribution in [3.05, 3.63) is 64.5 Å². The van der Waals surface area contributed by atoms with Crippen LogP contribution in [0.25, 0.3) is 11.5 Å². The first-order valence-corrected chi connectivity index (χ1v) is 6.93. The maximum Gasteiger partial charge on any atom is 0.254 e. The number of hydrogen-bond acceptors (Lipinski definition) is 4. The van der Waals surface area contributed by atoms with E-state index in [0.29, 0.717) is 27.6 Å². The highest BCUT2D eigenvalue weighted by atomic mass is 35.5. The Labute approximate surface area is 131 Å². The van der Waals surface area contributed by atoms with Crippen molar-refractivity contribution >= 4 is 23.2 Å². The van der Waals surface area contributed by atoms with Crippen LogP contribution < -0.4 is 4.74 Å². The number of benzene rings is 2. The molecule has 21 heavy (non-hydrogen) atoms. The van der Waals surface area contributed by atoms with Crippen molar-refractivity contribution in [3.63, 3.8) is 0 Å². The topological polar surface area (TPSA) is 48.2 Å². The second kappa shape index (κ2) is 6.16. The highest BCUT2D eigenvalue weighted by molar-refractivity contribution is 6.31. The Balaban J connectivity index is 1.71. The third-order valence-corrected chi connectivity index (χ3v) is 3.17. The van der Waals surface area contributed by atoms with Crippen LogP contribution in [0, 0.1) is 0 Å². The van der Waals surface area contributed by atoms with Gasteiger partial charge in [-0.3, -0.25) is 0 Å². The molecule has 0 fully saturated rings. The van der Waals surface area contributed by atoms with E-state index in [0.717, 1.165) is 5.56 Å². The van der Waals surface area contributed by atoms with E-state index in [-0.39, 0.29) is 6.61 Å². The monoisotopic (exact) mass is 320 g/mol. The maximum atomic E-state index is 5.93. The lowest BCUT2D eigenvalue weighted by Gasteiger charge is -2.02. The Morgan fingerprint density at radius 1 is 0.952 bits per heavy atom. The Hall–Kier alpha value is -2.04. The van der Waals surface area contributed by atoms with E-state index in [9.17, 15) is 0 Å². The molecule has 0 bridgehead atoms. The molecule has 0 saturated carbocycles. The van der Waals surface area contributed by atoms with E-state index in [1.807, 2.05) is 18.2 Å². The minimum Gasteiger partial charge on any atom is -0.484 e. The van der Waals surface area contributed by atoms with Crippen molar-refractivity contribution in [2.24, 2.45) is 0 Å². The molecular formula is C15H10Cl2N2O2. The van der Waals surface area contributed by atoms with Crippen LogP contribution >= 0.6 is 23.2 Å². The van der Waals surface area contributed by atoms with Gasteiger partial charge in [-0.15, -0.1) is 10.2 Å². The highest BCUT2D eigenvalue weighted by Crippen LogP contribution is 2.22. The fourth-order valence-electron chi connectivity index (χ4n) is 1.75. The van der Waals surface area contributed by atoms with Crippen LogP contribution in [-0.4, -0.2) is 10.2 Å². The predicted octanol–water partition coefficient (Wildman–Crippen LogP) is 4.62. The average molecular weight is 321 g/mol. The summed E-state index contributed by atoms with van der Waals surface area (Å²) >= 11 is 11.8.